The summed E-state index contributed by atoms with van der Waals surface area (Å²) in [6, 6.07) is 8.76. The highest BCUT2D eigenvalue weighted by Crippen LogP contribution is 2.18. The first kappa shape index (κ1) is 16.0. The Morgan fingerprint density at radius 3 is 2.41 bits per heavy atom. The molecule has 0 atom stereocenters. The molecule has 0 aromatic heterocycles. The van der Waals surface area contributed by atoms with Gasteiger partial charge in [0.25, 0.3) is 5.91 Å². The standard InChI is InChI=1S/C16H20N2O4/c1-22-16(21)13-7-9-18(10-8-13)14(19)11-17-15(20)12-5-3-2-4-6-12/h2-6,13H,7-11H2,1H3,(H,17,20). The Hall–Kier alpha value is -2.37. The Balaban J connectivity index is 1.77. The molecule has 0 saturated carbocycles. The van der Waals surface area contributed by atoms with Gasteiger partial charge in [0.15, 0.2) is 0 Å². The molecule has 22 heavy (non-hydrogen) atoms. The molecule has 6 nitrogen and oxygen atoms in total. The number of esters is 1. The van der Waals surface area contributed by atoms with Gasteiger partial charge >= 0.3 is 5.97 Å². The molecule has 6 heteroatoms. The van der Waals surface area contributed by atoms with Crippen molar-refractivity contribution in [2.45, 2.75) is 12.8 Å². The summed E-state index contributed by atoms with van der Waals surface area (Å²) < 4.78 is 4.71. The van der Waals surface area contributed by atoms with Crippen LogP contribution in [0.1, 0.15) is 23.2 Å². The average Bonchev–Trinajstić information content (AvgIpc) is 2.59. The predicted octanol–water partition coefficient (Wildman–Crippen LogP) is 0.828. The van der Waals surface area contributed by atoms with E-state index in [1.54, 1.807) is 29.2 Å². The third-order valence-corrected chi connectivity index (χ3v) is 3.82. The van der Waals surface area contributed by atoms with E-state index >= 15 is 0 Å². The summed E-state index contributed by atoms with van der Waals surface area (Å²) in [7, 11) is 1.37. The fourth-order valence-electron chi connectivity index (χ4n) is 2.49. The van der Waals surface area contributed by atoms with Crippen molar-refractivity contribution in [2.24, 2.45) is 5.92 Å². The Morgan fingerprint density at radius 2 is 1.82 bits per heavy atom. The molecule has 1 heterocycles. The number of nitrogens with one attached hydrogen (secondary N) is 1. The highest BCUT2D eigenvalue weighted by Gasteiger charge is 2.27. The zero-order valence-corrected chi connectivity index (χ0v) is 12.6. The largest absolute Gasteiger partial charge is 0.469 e. The third-order valence-electron chi connectivity index (χ3n) is 3.82. The molecule has 0 radical (unpaired) electrons. The van der Waals surface area contributed by atoms with Crippen molar-refractivity contribution in [3.05, 3.63) is 35.9 Å². The number of carbonyl (C=O) groups excluding carboxylic acids is 3. The minimum atomic E-state index is -0.265. The summed E-state index contributed by atoms with van der Waals surface area (Å²) in [4.78, 5) is 37.0. The van der Waals surface area contributed by atoms with Gasteiger partial charge in [-0.1, -0.05) is 18.2 Å². The van der Waals surface area contributed by atoms with Crippen LogP contribution in [-0.4, -0.2) is 49.4 Å². The fourth-order valence-corrected chi connectivity index (χ4v) is 2.49. The van der Waals surface area contributed by atoms with Gasteiger partial charge in [-0.15, -0.1) is 0 Å². The molecule has 2 amide bonds. The number of benzene rings is 1. The van der Waals surface area contributed by atoms with E-state index in [2.05, 4.69) is 5.32 Å². The van der Waals surface area contributed by atoms with Crippen LogP contribution in [0.2, 0.25) is 0 Å². The quantitative estimate of drug-likeness (QED) is 0.836. The maximum absolute atomic E-state index is 12.1. The van der Waals surface area contributed by atoms with Crippen LogP contribution in [0.3, 0.4) is 0 Å². The monoisotopic (exact) mass is 304 g/mol. The first-order valence-electron chi connectivity index (χ1n) is 7.30. The van der Waals surface area contributed by atoms with Crippen molar-refractivity contribution in [3.8, 4) is 0 Å². The number of hydrogen-bond donors (Lipinski definition) is 1. The zero-order valence-electron chi connectivity index (χ0n) is 12.6. The van der Waals surface area contributed by atoms with Crippen LogP contribution in [0.15, 0.2) is 30.3 Å². The number of likely N-dealkylation sites (tertiary alicyclic amines) is 1. The van der Waals surface area contributed by atoms with E-state index in [9.17, 15) is 14.4 Å². The Bertz CT molecular complexity index is 536. The van der Waals surface area contributed by atoms with Crippen molar-refractivity contribution in [1.29, 1.82) is 0 Å². The van der Waals surface area contributed by atoms with Crippen LogP contribution >= 0.6 is 0 Å². The molecule has 1 saturated heterocycles. The van der Waals surface area contributed by atoms with Crippen LogP contribution in [0.25, 0.3) is 0 Å². The van der Waals surface area contributed by atoms with Crippen LogP contribution in [0.4, 0.5) is 0 Å². The molecule has 0 spiro atoms. The summed E-state index contributed by atoms with van der Waals surface area (Å²) in [5.74, 6) is -0.747. The van der Waals surface area contributed by atoms with E-state index in [4.69, 9.17) is 4.74 Å². The Kier molecular flexibility index (Phi) is 5.52. The predicted molar refractivity (Wildman–Crippen MR) is 80.1 cm³/mol. The minimum absolute atomic E-state index is 0.0311. The van der Waals surface area contributed by atoms with E-state index in [0.717, 1.165) is 0 Å². The highest BCUT2D eigenvalue weighted by atomic mass is 16.5. The summed E-state index contributed by atoms with van der Waals surface area (Å²) in [6.07, 6.45) is 1.20. The maximum Gasteiger partial charge on any atom is 0.308 e. The van der Waals surface area contributed by atoms with Crippen molar-refractivity contribution in [1.82, 2.24) is 10.2 Å². The number of hydrogen-bond acceptors (Lipinski definition) is 4. The lowest BCUT2D eigenvalue weighted by atomic mass is 9.97. The van der Waals surface area contributed by atoms with Gasteiger partial charge in [-0.3, -0.25) is 14.4 Å². The van der Waals surface area contributed by atoms with Gasteiger partial charge in [0.2, 0.25) is 5.91 Å². The van der Waals surface area contributed by atoms with E-state index in [1.807, 2.05) is 6.07 Å². The first-order valence-corrected chi connectivity index (χ1v) is 7.30. The van der Waals surface area contributed by atoms with Crippen molar-refractivity contribution < 1.29 is 19.1 Å². The van der Waals surface area contributed by atoms with E-state index in [1.165, 1.54) is 7.11 Å². The Labute approximate surface area is 129 Å². The second-order valence-electron chi connectivity index (χ2n) is 5.23. The molecule has 1 N–H and O–H groups in total. The van der Waals surface area contributed by atoms with Gasteiger partial charge in [-0.05, 0) is 25.0 Å². The summed E-state index contributed by atoms with van der Waals surface area (Å²) in [6.45, 7) is 0.996. The number of rotatable bonds is 4. The van der Waals surface area contributed by atoms with Crippen LogP contribution in [0, 0.1) is 5.92 Å². The van der Waals surface area contributed by atoms with Crippen molar-refractivity contribution in [3.63, 3.8) is 0 Å². The molecule has 1 aliphatic heterocycles. The maximum atomic E-state index is 12.1. The van der Waals surface area contributed by atoms with E-state index < -0.39 is 0 Å². The second-order valence-corrected chi connectivity index (χ2v) is 5.23. The molecule has 0 unspecified atom stereocenters. The molecular formula is C16H20N2O4. The van der Waals surface area contributed by atoms with E-state index in [-0.39, 0.29) is 30.2 Å². The molecule has 1 aromatic carbocycles. The van der Waals surface area contributed by atoms with Crippen LogP contribution in [0.5, 0.6) is 0 Å². The lowest BCUT2D eigenvalue weighted by molar-refractivity contribution is -0.148. The number of methoxy groups -OCH3 is 1. The number of nitrogens with zero attached hydrogens (tertiary/aromatic N) is 1. The summed E-state index contributed by atoms with van der Waals surface area (Å²) in [5.41, 5.74) is 0.527. The van der Waals surface area contributed by atoms with Crippen molar-refractivity contribution in [2.75, 3.05) is 26.7 Å². The average molecular weight is 304 g/mol. The van der Waals surface area contributed by atoms with E-state index in [0.29, 0.717) is 31.5 Å². The first-order chi connectivity index (χ1) is 10.6. The minimum Gasteiger partial charge on any atom is -0.469 e. The van der Waals surface area contributed by atoms with Gasteiger partial charge in [-0.2, -0.15) is 0 Å². The van der Waals surface area contributed by atoms with Crippen LogP contribution < -0.4 is 5.32 Å². The highest BCUT2D eigenvalue weighted by molar-refractivity contribution is 5.96. The van der Waals surface area contributed by atoms with Crippen LogP contribution in [-0.2, 0) is 14.3 Å². The molecular weight excluding hydrogens is 284 g/mol. The summed E-state index contributed by atoms with van der Waals surface area (Å²) in [5, 5.41) is 2.62. The number of ether oxygens (including phenoxy) is 1. The second kappa shape index (κ2) is 7.59. The SMILES string of the molecule is COC(=O)C1CCN(C(=O)CNC(=O)c2ccccc2)CC1. The molecule has 0 bridgehead atoms. The van der Waals surface area contributed by atoms with Gasteiger partial charge < -0.3 is 15.0 Å². The van der Waals surface area contributed by atoms with Gasteiger partial charge in [0.05, 0.1) is 19.6 Å². The molecule has 118 valence electrons. The number of amides is 2. The normalized spacial score (nSPS) is 15.2. The number of carbonyl (C=O) groups is 3. The zero-order chi connectivity index (χ0) is 15.9. The summed E-state index contributed by atoms with van der Waals surface area (Å²) >= 11 is 0. The topological polar surface area (TPSA) is 75.7 Å². The lowest BCUT2D eigenvalue weighted by Gasteiger charge is -2.30. The number of piperidine rings is 1. The molecule has 1 fully saturated rings. The molecule has 0 aliphatic carbocycles. The van der Waals surface area contributed by atoms with Crippen molar-refractivity contribution >= 4 is 17.8 Å². The Morgan fingerprint density at radius 1 is 1.18 bits per heavy atom. The van der Waals surface area contributed by atoms with Gasteiger partial charge in [0.1, 0.15) is 0 Å². The van der Waals surface area contributed by atoms with Gasteiger partial charge in [-0.25, -0.2) is 0 Å². The molecule has 1 aliphatic rings. The smallest absolute Gasteiger partial charge is 0.308 e. The third kappa shape index (κ3) is 4.07. The fraction of sp³-hybridized carbons (Fsp3) is 0.438. The molecule has 1 aromatic rings. The lowest BCUT2D eigenvalue weighted by Crippen LogP contribution is -2.45. The van der Waals surface area contributed by atoms with Gasteiger partial charge in [0, 0.05) is 18.7 Å². The molecule has 2 rings (SSSR count).